The molecule has 0 bridgehead atoms. The van der Waals surface area contributed by atoms with Crippen molar-refractivity contribution in [2.45, 2.75) is 39.4 Å². The molecule has 0 aliphatic carbocycles. The van der Waals surface area contributed by atoms with E-state index in [4.69, 9.17) is 9.47 Å². The third kappa shape index (κ3) is 3.93. The van der Waals surface area contributed by atoms with Crippen LogP contribution in [0.2, 0.25) is 0 Å². The highest BCUT2D eigenvalue weighted by Gasteiger charge is 2.40. The fourth-order valence-corrected chi connectivity index (χ4v) is 3.49. The molecule has 0 aromatic heterocycles. The van der Waals surface area contributed by atoms with Crippen molar-refractivity contribution in [2.75, 3.05) is 26.3 Å². The molecule has 2 saturated heterocycles. The minimum atomic E-state index is -0.477. The summed E-state index contributed by atoms with van der Waals surface area (Å²) in [4.78, 5) is 14.6. The summed E-state index contributed by atoms with van der Waals surface area (Å²) < 4.78 is 25.0. The van der Waals surface area contributed by atoms with Crippen LogP contribution in [0.5, 0.6) is 0 Å². The molecule has 2 aliphatic rings. The molecule has 3 rings (SSSR count). The quantitative estimate of drug-likeness (QED) is 0.785. The first kappa shape index (κ1) is 18.1. The summed E-state index contributed by atoms with van der Waals surface area (Å²) in [5.74, 6) is -0.531. The van der Waals surface area contributed by atoms with Gasteiger partial charge in [-0.25, -0.2) is 4.39 Å². The number of amides is 1. The Labute approximate surface area is 148 Å². The Morgan fingerprint density at radius 1 is 1.24 bits per heavy atom. The van der Waals surface area contributed by atoms with Crippen molar-refractivity contribution in [1.82, 2.24) is 4.90 Å². The lowest BCUT2D eigenvalue weighted by atomic mass is 9.93. The summed E-state index contributed by atoms with van der Waals surface area (Å²) in [5, 5.41) is 0. The highest BCUT2D eigenvalue weighted by molar-refractivity contribution is 5.95. The van der Waals surface area contributed by atoms with Crippen molar-refractivity contribution in [1.29, 1.82) is 0 Å². The largest absolute Gasteiger partial charge is 0.347 e. The first-order valence-electron chi connectivity index (χ1n) is 8.95. The van der Waals surface area contributed by atoms with Crippen LogP contribution in [0.15, 0.2) is 24.3 Å². The van der Waals surface area contributed by atoms with E-state index in [2.05, 4.69) is 0 Å². The Hall–Kier alpha value is -1.72. The molecule has 1 spiro atoms. The van der Waals surface area contributed by atoms with Gasteiger partial charge in [-0.15, -0.1) is 0 Å². The number of nitrogens with zero attached hydrogens (tertiary/aromatic N) is 1. The molecule has 4 nitrogen and oxygen atoms in total. The number of rotatable bonds is 3. The number of ether oxygens (including phenoxy) is 2. The van der Waals surface area contributed by atoms with Gasteiger partial charge in [0.2, 0.25) is 5.91 Å². The van der Waals surface area contributed by atoms with Crippen LogP contribution in [0.3, 0.4) is 0 Å². The highest BCUT2D eigenvalue weighted by atomic mass is 19.1. The first-order chi connectivity index (χ1) is 11.9. The Kier molecular flexibility index (Phi) is 5.25. The van der Waals surface area contributed by atoms with Gasteiger partial charge in [0.15, 0.2) is 5.79 Å². The van der Waals surface area contributed by atoms with E-state index in [0.717, 1.165) is 11.1 Å². The summed E-state index contributed by atoms with van der Waals surface area (Å²) in [6.45, 7) is 8.35. The molecule has 0 radical (unpaired) electrons. The van der Waals surface area contributed by atoms with Crippen LogP contribution in [0, 0.1) is 18.7 Å². The molecule has 25 heavy (non-hydrogen) atoms. The van der Waals surface area contributed by atoms with Gasteiger partial charge in [0.1, 0.15) is 5.82 Å². The molecule has 2 heterocycles. The lowest BCUT2D eigenvalue weighted by molar-refractivity contribution is -0.186. The van der Waals surface area contributed by atoms with E-state index in [0.29, 0.717) is 44.7 Å². The van der Waals surface area contributed by atoms with E-state index >= 15 is 0 Å². The number of benzene rings is 1. The summed E-state index contributed by atoms with van der Waals surface area (Å²) in [6, 6.07) is 5.01. The van der Waals surface area contributed by atoms with E-state index in [1.807, 2.05) is 18.7 Å². The number of aryl methyl sites for hydroxylation is 1. The first-order valence-corrected chi connectivity index (χ1v) is 8.95. The molecule has 5 heteroatoms. The fraction of sp³-hybridized carbons (Fsp3) is 0.550. The van der Waals surface area contributed by atoms with Crippen LogP contribution < -0.4 is 0 Å². The second kappa shape index (κ2) is 7.26. The maximum atomic E-state index is 13.5. The highest BCUT2D eigenvalue weighted by Crippen LogP contribution is 2.32. The lowest BCUT2D eigenvalue weighted by Crippen LogP contribution is -2.46. The molecule has 0 atom stereocenters. The predicted molar refractivity (Wildman–Crippen MR) is 94.4 cm³/mol. The zero-order valence-corrected chi connectivity index (χ0v) is 15.2. The van der Waals surface area contributed by atoms with Crippen molar-refractivity contribution < 1.29 is 18.7 Å². The van der Waals surface area contributed by atoms with Crippen molar-refractivity contribution >= 4 is 11.5 Å². The van der Waals surface area contributed by atoms with Gasteiger partial charge in [-0.3, -0.25) is 4.79 Å². The Morgan fingerprint density at radius 2 is 1.88 bits per heavy atom. The molecule has 1 aromatic carbocycles. The van der Waals surface area contributed by atoms with Crippen LogP contribution in [0.25, 0.3) is 5.57 Å². The maximum Gasteiger partial charge on any atom is 0.246 e. The molecule has 1 amide bonds. The normalized spacial score (nSPS) is 20.5. The third-order valence-electron chi connectivity index (χ3n) is 5.04. The second-order valence-electron chi connectivity index (χ2n) is 7.15. The van der Waals surface area contributed by atoms with E-state index in [1.54, 1.807) is 25.1 Å². The SMILES string of the molecule is Cc1cc(/C(=C/C(=O)N2CCC3(CC2)OCCO3)C(C)C)ccc1F. The average Bonchev–Trinajstić information content (AvgIpc) is 3.03. The van der Waals surface area contributed by atoms with Gasteiger partial charge in [0, 0.05) is 32.0 Å². The number of allylic oxidation sites excluding steroid dienone is 1. The van der Waals surface area contributed by atoms with Crippen LogP contribution in [0.1, 0.15) is 37.8 Å². The van der Waals surface area contributed by atoms with Gasteiger partial charge in [-0.2, -0.15) is 0 Å². The molecule has 136 valence electrons. The van der Waals surface area contributed by atoms with Gasteiger partial charge in [-0.05, 0) is 41.7 Å². The zero-order chi connectivity index (χ0) is 18.0. The lowest BCUT2D eigenvalue weighted by Gasteiger charge is -2.37. The molecule has 0 unspecified atom stereocenters. The standard InChI is InChI=1S/C20H26FNO3/c1-14(2)17(16-4-5-18(21)15(3)12-16)13-19(23)22-8-6-20(7-9-22)24-10-11-25-20/h4-5,12-14H,6-11H2,1-3H3/b17-13+. The maximum absolute atomic E-state index is 13.5. The van der Waals surface area contributed by atoms with Gasteiger partial charge in [0.05, 0.1) is 13.2 Å². The summed E-state index contributed by atoms with van der Waals surface area (Å²) >= 11 is 0. The van der Waals surface area contributed by atoms with Gasteiger partial charge in [-0.1, -0.05) is 19.9 Å². The molecule has 2 fully saturated rings. The van der Waals surface area contributed by atoms with Crippen molar-refractivity contribution in [3.8, 4) is 0 Å². The third-order valence-corrected chi connectivity index (χ3v) is 5.04. The Morgan fingerprint density at radius 3 is 2.44 bits per heavy atom. The monoisotopic (exact) mass is 347 g/mol. The van der Waals surface area contributed by atoms with Gasteiger partial charge >= 0.3 is 0 Å². The van der Waals surface area contributed by atoms with Gasteiger partial charge < -0.3 is 14.4 Å². The average molecular weight is 347 g/mol. The number of likely N-dealkylation sites (tertiary alicyclic amines) is 1. The molecular formula is C20H26FNO3. The molecule has 0 saturated carbocycles. The summed E-state index contributed by atoms with van der Waals surface area (Å²) in [7, 11) is 0. The van der Waals surface area contributed by atoms with Crippen LogP contribution in [0.4, 0.5) is 4.39 Å². The van der Waals surface area contributed by atoms with Crippen LogP contribution in [-0.4, -0.2) is 42.9 Å². The van der Waals surface area contributed by atoms with E-state index < -0.39 is 5.79 Å². The van der Waals surface area contributed by atoms with E-state index in [9.17, 15) is 9.18 Å². The van der Waals surface area contributed by atoms with Gasteiger partial charge in [0.25, 0.3) is 0 Å². The number of carbonyl (C=O) groups is 1. The summed E-state index contributed by atoms with van der Waals surface area (Å²) in [6.07, 6.45) is 3.12. The van der Waals surface area contributed by atoms with Crippen molar-refractivity contribution in [2.24, 2.45) is 5.92 Å². The Balaban J connectivity index is 1.74. The molecule has 2 aliphatic heterocycles. The van der Waals surface area contributed by atoms with Crippen LogP contribution >= 0.6 is 0 Å². The van der Waals surface area contributed by atoms with E-state index in [1.165, 1.54) is 6.07 Å². The van der Waals surface area contributed by atoms with Crippen molar-refractivity contribution in [3.05, 3.63) is 41.2 Å². The second-order valence-corrected chi connectivity index (χ2v) is 7.15. The summed E-state index contributed by atoms with van der Waals surface area (Å²) in [5.41, 5.74) is 2.42. The minimum Gasteiger partial charge on any atom is -0.347 e. The van der Waals surface area contributed by atoms with Crippen molar-refractivity contribution in [3.63, 3.8) is 0 Å². The fourth-order valence-electron chi connectivity index (χ4n) is 3.49. The number of hydrogen-bond donors (Lipinski definition) is 0. The number of halogens is 1. The van der Waals surface area contributed by atoms with Crippen LogP contribution in [-0.2, 0) is 14.3 Å². The Bertz CT molecular complexity index is 668. The smallest absolute Gasteiger partial charge is 0.246 e. The number of hydrogen-bond acceptors (Lipinski definition) is 3. The molecular weight excluding hydrogens is 321 g/mol. The van der Waals surface area contributed by atoms with E-state index in [-0.39, 0.29) is 17.6 Å². The molecule has 0 N–H and O–H groups in total. The molecule has 1 aromatic rings. The number of carbonyl (C=O) groups excluding carboxylic acids is 1. The minimum absolute atomic E-state index is 0.00137. The number of piperidine rings is 1. The predicted octanol–water partition coefficient (Wildman–Crippen LogP) is 3.54. The topological polar surface area (TPSA) is 38.8 Å². The zero-order valence-electron chi connectivity index (χ0n) is 15.2.